The summed E-state index contributed by atoms with van der Waals surface area (Å²) in [6.45, 7) is 5.26. The molecule has 1 aliphatic carbocycles. The number of rotatable bonds is 5. The number of likely N-dealkylation sites (N-methyl/N-ethyl adjacent to an activating group) is 1. The Morgan fingerprint density at radius 2 is 1.93 bits per heavy atom. The molecule has 0 aromatic heterocycles. The molecule has 14 heavy (non-hydrogen) atoms. The van der Waals surface area contributed by atoms with Crippen LogP contribution in [0.4, 0.5) is 0 Å². The van der Waals surface area contributed by atoms with Crippen molar-refractivity contribution in [2.75, 3.05) is 26.8 Å². The first-order valence-electron chi connectivity index (χ1n) is 5.76. The standard InChI is InChI=1S/C11H24N2O/c1-3-13(8-9-14-2)11-6-4-10(12)5-7-11/h10-11H,3-9,12H2,1-2H3. The first kappa shape index (κ1) is 12.0. The molecule has 84 valence electrons. The monoisotopic (exact) mass is 200 g/mol. The smallest absolute Gasteiger partial charge is 0.0589 e. The summed E-state index contributed by atoms with van der Waals surface area (Å²) in [5.41, 5.74) is 5.90. The second-order valence-electron chi connectivity index (χ2n) is 4.19. The topological polar surface area (TPSA) is 38.5 Å². The van der Waals surface area contributed by atoms with Crippen molar-refractivity contribution in [1.82, 2.24) is 4.90 Å². The fraction of sp³-hybridized carbons (Fsp3) is 1.00. The Kier molecular flexibility index (Phi) is 5.45. The molecule has 1 saturated carbocycles. The lowest BCUT2D eigenvalue weighted by molar-refractivity contribution is 0.104. The maximum absolute atomic E-state index is 5.90. The van der Waals surface area contributed by atoms with E-state index in [4.69, 9.17) is 10.5 Å². The molecule has 0 aliphatic heterocycles. The van der Waals surface area contributed by atoms with E-state index in [1.807, 2.05) is 0 Å². The van der Waals surface area contributed by atoms with Crippen molar-refractivity contribution in [2.45, 2.75) is 44.7 Å². The van der Waals surface area contributed by atoms with E-state index >= 15 is 0 Å². The molecular formula is C11H24N2O. The highest BCUT2D eigenvalue weighted by atomic mass is 16.5. The maximum atomic E-state index is 5.90. The molecular weight excluding hydrogens is 176 g/mol. The lowest BCUT2D eigenvalue weighted by atomic mass is 9.91. The van der Waals surface area contributed by atoms with E-state index < -0.39 is 0 Å². The van der Waals surface area contributed by atoms with Gasteiger partial charge in [0, 0.05) is 25.7 Å². The van der Waals surface area contributed by atoms with Gasteiger partial charge in [0.25, 0.3) is 0 Å². The van der Waals surface area contributed by atoms with Gasteiger partial charge >= 0.3 is 0 Å². The van der Waals surface area contributed by atoms with Crippen LogP contribution >= 0.6 is 0 Å². The second-order valence-corrected chi connectivity index (χ2v) is 4.19. The Hall–Kier alpha value is -0.120. The molecule has 0 bridgehead atoms. The number of methoxy groups -OCH3 is 1. The van der Waals surface area contributed by atoms with Crippen LogP contribution in [0.15, 0.2) is 0 Å². The minimum Gasteiger partial charge on any atom is -0.383 e. The minimum absolute atomic E-state index is 0.451. The Balaban J connectivity index is 2.29. The summed E-state index contributed by atoms with van der Waals surface area (Å²) in [6.07, 6.45) is 4.90. The van der Waals surface area contributed by atoms with E-state index in [1.165, 1.54) is 25.7 Å². The van der Waals surface area contributed by atoms with Crippen LogP contribution in [0.3, 0.4) is 0 Å². The Morgan fingerprint density at radius 1 is 1.29 bits per heavy atom. The molecule has 3 heteroatoms. The van der Waals surface area contributed by atoms with Gasteiger partial charge in [-0.15, -0.1) is 0 Å². The van der Waals surface area contributed by atoms with Gasteiger partial charge in [0.15, 0.2) is 0 Å². The zero-order valence-electron chi connectivity index (χ0n) is 9.54. The summed E-state index contributed by atoms with van der Waals surface area (Å²) in [5.74, 6) is 0. The molecule has 0 unspecified atom stereocenters. The van der Waals surface area contributed by atoms with Crippen LogP contribution < -0.4 is 5.73 Å². The number of hydrogen-bond acceptors (Lipinski definition) is 3. The maximum Gasteiger partial charge on any atom is 0.0589 e. The van der Waals surface area contributed by atoms with E-state index in [2.05, 4.69) is 11.8 Å². The Bertz CT molecular complexity index is 141. The fourth-order valence-corrected chi connectivity index (χ4v) is 2.27. The zero-order valence-corrected chi connectivity index (χ0v) is 9.54. The first-order valence-corrected chi connectivity index (χ1v) is 5.76. The number of nitrogens with zero attached hydrogens (tertiary/aromatic N) is 1. The van der Waals surface area contributed by atoms with E-state index in [0.29, 0.717) is 6.04 Å². The van der Waals surface area contributed by atoms with Crippen molar-refractivity contribution >= 4 is 0 Å². The molecule has 0 aromatic carbocycles. The van der Waals surface area contributed by atoms with Crippen molar-refractivity contribution < 1.29 is 4.74 Å². The third-order valence-electron chi connectivity index (χ3n) is 3.25. The number of nitrogens with two attached hydrogens (primary N) is 1. The molecule has 2 N–H and O–H groups in total. The predicted molar refractivity (Wildman–Crippen MR) is 59.4 cm³/mol. The summed E-state index contributed by atoms with van der Waals surface area (Å²) >= 11 is 0. The molecule has 3 nitrogen and oxygen atoms in total. The zero-order chi connectivity index (χ0) is 10.4. The summed E-state index contributed by atoms with van der Waals surface area (Å²) in [6, 6.07) is 1.20. The van der Waals surface area contributed by atoms with Gasteiger partial charge in [0.1, 0.15) is 0 Å². The van der Waals surface area contributed by atoms with Crippen molar-refractivity contribution in [2.24, 2.45) is 5.73 Å². The van der Waals surface area contributed by atoms with Gasteiger partial charge in [-0.05, 0) is 32.2 Å². The molecule has 1 rings (SSSR count). The van der Waals surface area contributed by atoms with Crippen molar-refractivity contribution in [1.29, 1.82) is 0 Å². The highest BCUT2D eigenvalue weighted by molar-refractivity contribution is 4.80. The lowest BCUT2D eigenvalue weighted by Crippen LogP contribution is -2.42. The SMILES string of the molecule is CCN(CCOC)C1CCC(N)CC1. The molecule has 0 aromatic rings. The molecule has 0 amide bonds. The normalized spacial score (nSPS) is 28.3. The molecule has 0 spiro atoms. The van der Waals surface area contributed by atoms with Crippen LogP contribution in [-0.4, -0.2) is 43.8 Å². The average molecular weight is 200 g/mol. The van der Waals surface area contributed by atoms with E-state index in [1.54, 1.807) is 7.11 Å². The lowest BCUT2D eigenvalue weighted by Gasteiger charge is -2.35. The van der Waals surface area contributed by atoms with Crippen LogP contribution in [0.1, 0.15) is 32.6 Å². The summed E-state index contributed by atoms with van der Waals surface area (Å²) in [4.78, 5) is 2.52. The molecule has 0 heterocycles. The van der Waals surface area contributed by atoms with Gasteiger partial charge in [0.2, 0.25) is 0 Å². The predicted octanol–water partition coefficient (Wildman–Crippen LogP) is 1.22. The van der Waals surface area contributed by atoms with Crippen molar-refractivity contribution in [3.05, 3.63) is 0 Å². The molecule has 1 aliphatic rings. The largest absolute Gasteiger partial charge is 0.383 e. The highest BCUT2D eigenvalue weighted by Gasteiger charge is 2.22. The minimum atomic E-state index is 0.451. The second kappa shape index (κ2) is 6.38. The van der Waals surface area contributed by atoms with E-state index in [9.17, 15) is 0 Å². The molecule has 0 radical (unpaired) electrons. The summed E-state index contributed by atoms with van der Waals surface area (Å²) < 4.78 is 5.12. The van der Waals surface area contributed by atoms with Gasteiger partial charge in [-0.2, -0.15) is 0 Å². The Morgan fingerprint density at radius 3 is 2.43 bits per heavy atom. The van der Waals surface area contributed by atoms with Crippen LogP contribution in [0, 0.1) is 0 Å². The fourth-order valence-electron chi connectivity index (χ4n) is 2.27. The van der Waals surface area contributed by atoms with Gasteiger partial charge in [0.05, 0.1) is 6.61 Å². The summed E-state index contributed by atoms with van der Waals surface area (Å²) in [7, 11) is 1.77. The highest BCUT2D eigenvalue weighted by Crippen LogP contribution is 2.21. The third-order valence-corrected chi connectivity index (χ3v) is 3.25. The van der Waals surface area contributed by atoms with Crippen LogP contribution in [0.25, 0.3) is 0 Å². The molecule has 1 fully saturated rings. The van der Waals surface area contributed by atoms with E-state index in [0.717, 1.165) is 25.7 Å². The quantitative estimate of drug-likeness (QED) is 0.725. The Labute approximate surface area is 87.6 Å². The van der Waals surface area contributed by atoms with Crippen molar-refractivity contribution in [3.8, 4) is 0 Å². The molecule has 0 saturated heterocycles. The van der Waals surface area contributed by atoms with E-state index in [-0.39, 0.29) is 0 Å². The van der Waals surface area contributed by atoms with Crippen LogP contribution in [0.5, 0.6) is 0 Å². The molecule has 0 atom stereocenters. The third kappa shape index (κ3) is 3.56. The van der Waals surface area contributed by atoms with Crippen LogP contribution in [0.2, 0.25) is 0 Å². The number of ether oxygens (including phenoxy) is 1. The van der Waals surface area contributed by atoms with Gasteiger partial charge in [-0.1, -0.05) is 6.92 Å². The van der Waals surface area contributed by atoms with Crippen LogP contribution in [-0.2, 0) is 4.74 Å². The number of hydrogen-bond donors (Lipinski definition) is 1. The van der Waals surface area contributed by atoms with Gasteiger partial charge < -0.3 is 10.5 Å². The average Bonchev–Trinajstić information content (AvgIpc) is 2.21. The van der Waals surface area contributed by atoms with Gasteiger partial charge in [-0.25, -0.2) is 0 Å². The van der Waals surface area contributed by atoms with Gasteiger partial charge in [-0.3, -0.25) is 4.90 Å². The van der Waals surface area contributed by atoms with Crippen molar-refractivity contribution in [3.63, 3.8) is 0 Å². The summed E-state index contributed by atoms with van der Waals surface area (Å²) in [5, 5.41) is 0. The first-order chi connectivity index (χ1) is 6.77.